The van der Waals surface area contributed by atoms with Gasteiger partial charge in [-0.1, -0.05) is 49.0 Å². The summed E-state index contributed by atoms with van der Waals surface area (Å²) in [5.74, 6) is -2.41. The quantitative estimate of drug-likeness (QED) is 0.0633. The van der Waals surface area contributed by atoms with Gasteiger partial charge in [0, 0.05) is 26.7 Å². The van der Waals surface area contributed by atoms with Crippen molar-refractivity contribution in [2.45, 2.75) is 78.5 Å². The summed E-state index contributed by atoms with van der Waals surface area (Å²) in [6, 6.07) is 16.2. The summed E-state index contributed by atoms with van der Waals surface area (Å²) in [5, 5.41) is 22.4. The first-order valence-corrected chi connectivity index (χ1v) is 16.9. The van der Waals surface area contributed by atoms with Gasteiger partial charge < -0.3 is 9.57 Å². The molecular weight excluding hydrogens is 714 g/mol. The van der Waals surface area contributed by atoms with Gasteiger partial charge in [0.2, 0.25) is 17.7 Å². The van der Waals surface area contributed by atoms with Crippen molar-refractivity contribution < 1.29 is 71.2 Å². The minimum atomic E-state index is -4.10. The molecule has 3 heterocycles. The molecular formula is C31H41N5O15S. The van der Waals surface area contributed by atoms with Gasteiger partial charge in [-0.3, -0.25) is 38.0 Å². The van der Waals surface area contributed by atoms with Gasteiger partial charge in [-0.05, 0) is 43.3 Å². The third-order valence-electron chi connectivity index (χ3n) is 6.39. The highest BCUT2D eigenvalue weighted by atomic mass is 32.2. The van der Waals surface area contributed by atoms with E-state index in [2.05, 4.69) is 24.3 Å². The Labute approximate surface area is 298 Å². The van der Waals surface area contributed by atoms with Crippen LogP contribution in [-0.4, -0.2) is 104 Å². The van der Waals surface area contributed by atoms with Crippen LogP contribution < -0.4 is 9.57 Å². The highest BCUT2D eigenvalue weighted by Crippen LogP contribution is 2.23. The number of likely N-dealkylation sites (tertiary alicyclic amines) is 2. The Hall–Kier alpha value is -5.19. The second-order valence-corrected chi connectivity index (χ2v) is 11.8. The van der Waals surface area contributed by atoms with Crippen LogP contribution in [0.1, 0.15) is 60.8 Å². The normalized spacial score (nSPS) is 16.2. The summed E-state index contributed by atoms with van der Waals surface area (Å²) in [6.07, 6.45) is -2.17. The number of benzene rings is 2. The predicted octanol–water partition coefficient (Wildman–Crippen LogP) is 1.94. The summed E-state index contributed by atoms with van der Waals surface area (Å²) < 4.78 is 31.5. The Balaban J connectivity index is 0.000000346. The van der Waals surface area contributed by atoms with Gasteiger partial charge in [0.05, 0.1) is 13.5 Å². The largest absolute Gasteiger partial charge is 0.427 e. The molecule has 2 aliphatic rings. The Morgan fingerprint density at radius 1 is 0.808 bits per heavy atom. The first-order chi connectivity index (χ1) is 24.6. The minimum absolute atomic E-state index is 0.215. The first kappa shape index (κ1) is 44.8. The lowest BCUT2D eigenvalue weighted by atomic mass is 10.3. The van der Waals surface area contributed by atoms with E-state index in [0.29, 0.717) is 21.7 Å². The van der Waals surface area contributed by atoms with Crippen LogP contribution in [0.25, 0.3) is 11.0 Å². The molecule has 2 aromatic carbocycles. The lowest BCUT2D eigenvalue weighted by Gasteiger charge is -2.19. The molecule has 3 atom stereocenters. The van der Waals surface area contributed by atoms with Crippen LogP contribution in [0.3, 0.4) is 0 Å². The Bertz CT molecular complexity index is 1750. The number of ether oxygens (including phenoxy) is 1. The average molecular weight is 756 g/mol. The molecule has 0 radical (unpaired) electrons. The van der Waals surface area contributed by atoms with E-state index in [1.54, 1.807) is 24.3 Å². The SMILES string of the molecule is CC.CC(=O)Oc1ccccc1.CC(=O)On1nnc2ccccc21.CC(OO)N1C(=O)CCC1=O.COS(=O)(=O)C1CC(=O)N(C(C)OO)C1=O. The van der Waals surface area contributed by atoms with Gasteiger partial charge >= 0.3 is 11.9 Å². The van der Waals surface area contributed by atoms with Crippen LogP contribution in [0.2, 0.25) is 0 Å². The van der Waals surface area contributed by atoms with Crippen LogP contribution >= 0.6 is 0 Å². The number of aromatic nitrogens is 3. The van der Waals surface area contributed by atoms with E-state index in [-0.39, 0.29) is 30.6 Å². The van der Waals surface area contributed by atoms with Crippen molar-refractivity contribution in [3.05, 3.63) is 54.6 Å². The zero-order chi connectivity index (χ0) is 39.6. The Morgan fingerprint density at radius 2 is 1.33 bits per heavy atom. The smallest absolute Gasteiger partial charge is 0.332 e. The molecule has 3 aromatic rings. The number of nitrogens with zero attached hydrogens (tertiary/aromatic N) is 5. The van der Waals surface area contributed by atoms with Gasteiger partial charge in [0.25, 0.3) is 16.0 Å². The fraction of sp³-hybridized carbons (Fsp3) is 0.419. The summed E-state index contributed by atoms with van der Waals surface area (Å²) in [6.45, 7) is 9.36. The number of hydrogen-bond acceptors (Lipinski definition) is 17. The highest BCUT2D eigenvalue weighted by Gasteiger charge is 2.48. The van der Waals surface area contributed by atoms with Gasteiger partial charge in [-0.15, -0.1) is 5.10 Å². The van der Waals surface area contributed by atoms with Gasteiger partial charge in [0.15, 0.2) is 17.7 Å². The zero-order valence-corrected chi connectivity index (χ0v) is 30.2. The van der Waals surface area contributed by atoms with Crippen molar-refractivity contribution in [2.75, 3.05) is 7.11 Å². The number of carbonyl (C=O) groups excluding carboxylic acids is 6. The van der Waals surface area contributed by atoms with Crippen LogP contribution in [0, 0.1) is 0 Å². The van der Waals surface area contributed by atoms with Crippen LogP contribution in [0.5, 0.6) is 5.75 Å². The lowest BCUT2D eigenvalue weighted by Crippen LogP contribution is -2.42. The molecule has 0 bridgehead atoms. The van der Waals surface area contributed by atoms with E-state index < -0.39 is 52.0 Å². The van der Waals surface area contributed by atoms with Crippen molar-refractivity contribution in [1.29, 1.82) is 0 Å². The zero-order valence-electron chi connectivity index (χ0n) is 29.4. The van der Waals surface area contributed by atoms with Crippen molar-refractivity contribution in [2.24, 2.45) is 0 Å². The lowest BCUT2D eigenvalue weighted by molar-refractivity contribution is -0.299. The van der Waals surface area contributed by atoms with E-state index in [1.807, 2.05) is 44.2 Å². The van der Waals surface area contributed by atoms with Crippen molar-refractivity contribution in [3.8, 4) is 5.75 Å². The topological polar surface area (TPSA) is 260 Å². The van der Waals surface area contributed by atoms with E-state index in [1.165, 1.54) is 27.7 Å². The molecule has 2 aliphatic heterocycles. The summed E-state index contributed by atoms with van der Waals surface area (Å²) >= 11 is 0. The highest BCUT2D eigenvalue weighted by molar-refractivity contribution is 7.88. The number of carbonyl (C=O) groups is 6. The third-order valence-corrected chi connectivity index (χ3v) is 7.92. The molecule has 0 spiro atoms. The molecule has 0 saturated carbocycles. The number of rotatable bonds is 8. The van der Waals surface area contributed by atoms with Crippen LogP contribution in [-0.2, 0) is 52.8 Å². The maximum atomic E-state index is 11.6. The van der Waals surface area contributed by atoms with Crippen LogP contribution in [0.4, 0.5) is 0 Å². The number of esters is 1. The first-order valence-electron chi connectivity index (χ1n) is 15.4. The Kier molecular flexibility index (Phi) is 18.9. The number of amides is 4. The molecule has 2 saturated heterocycles. The third kappa shape index (κ3) is 13.2. The summed E-state index contributed by atoms with van der Waals surface area (Å²) in [7, 11) is -3.20. The van der Waals surface area contributed by atoms with Crippen molar-refractivity contribution in [1.82, 2.24) is 25.0 Å². The maximum Gasteiger partial charge on any atom is 0.332 e. The van der Waals surface area contributed by atoms with Gasteiger partial charge in [-0.25, -0.2) is 25.1 Å². The molecule has 20 nitrogen and oxygen atoms in total. The number of fused-ring (bicyclic) bond motifs is 1. The molecule has 1 aromatic heterocycles. The molecule has 2 fully saturated rings. The van der Waals surface area contributed by atoms with Gasteiger partial charge in [0.1, 0.15) is 16.8 Å². The second kappa shape index (κ2) is 21.9. The molecule has 52 heavy (non-hydrogen) atoms. The second-order valence-electron chi connectivity index (χ2n) is 9.96. The number of imide groups is 2. The standard InChI is InChI=1S/C8H7N3O2.C8H8O2.C7H11NO7S.C6H9NO4.C2H6/c1-6(12)13-11-8-5-3-2-4-7(8)9-10-11;1-7(9)10-8-5-3-2-4-6-8;1-4(15-11)8-6(9)3-5(7(8)10)16(12,13)14-2;1-4(11-10)7-5(8)2-3-6(7)9;1-2/h2-5H,1H3;2-6H,1H3;4-5,11H,3H2,1-2H3;4,10H,2-3H2,1H3;1-2H3. The fourth-order valence-electron chi connectivity index (χ4n) is 4.13. The minimum Gasteiger partial charge on any atom is -0.427 e. The molecule has 286 valence electrons. The molecule has 3 unspecified atom stereocenters. The average Bonchev–Trinajstić information content (AvgIpc) is 3.79. The monoisotopic (exact) mass is 755 g/mol. The van der Waals surface area contributed by atoms with Gasteiger partial charge in [-0.2, -0.15) is 8.42 Å². The maximum absolute atomic E-state index is 11.6. The van der Waals surface area contributed by atoms with Crippen molar-refractivity contribution in [3.63, 3.8) is 0 Å². The molecule has 2 N–H and O–H groups in total. The van der Waals surface area contributed by atoms with E-state index in [4.69, 9.17) is 20.1 Å². The summed E-state index contributed by atoms with van der Waals surface area (Å²) in [5.41, 5.74) is 1.38. The molecule has 4 amide bonds. The summed E-state index contributed by atoms with van der Waals surface area (Å²) in [4.78, 5) is 80.8. The Morgan fingerprint density at radius 3 is 1.83 bits per heavy atom. The fourth-order valence-corrected chi connectivity index (χ4v) is 5.07. The van der Waals surface area contributed by atoms with E-state index in [0.717, 1.165) is 16.9 Å². The number of hydrogen-bond donors (Lipinski definition) is 2. The van der Waals surface area contributed by atoms with Crippen LogP contribution in [0.15, 0.2) is 54.6 Å². The number of para-hydroxylation sites is 2. The molecule has 21 heteroatoms. The predicted molar refractivity (Wildman–Crippen MR) is 178 cm³/mol. The van der Waals surface area contributed by atoms with E-state index in [9.17, 15) is 37.2 Å². The molecule has 0 aliphatic carbocycles. The van der Waals surface area contributed by atoms with Crippen molar-refractivity contribution >= 4 is 56.7 Å². The molecule has 5 rings (SSSR count). The van der Waals surface area contributed by atoms with E-state index >= 15 is 0 Å².